The molecule has 0 aromatic heterocycles. The lowest BCUT2D eigenvalue weighted by Gasteiger charge is -2.25. The van der Waals surface area contributed by atoms with Gasteiger partial charge in [-0.2, -0.15) is 0 Å². The second-order valence-corrected chi connectivity index (χ2v) is 18.9. The molecule has 0 fully saturated rings. The molecule has 4 aromatic rings. The van der Waals surface area contributed by atoms with Crippen molar-refractivity contribution in [2.24, 2.45) is 0 Å². The Morgan fingerprint density at radius 1 is 0.447 bits per heavy atom. The Balaban J connectivity index is 1.50. The summed E-state index contributed by atoms with van der Waals surface area (Å²) in [5, 5.41) is 3.48. The highest BCUT2D eigenvalue weighted by Crippen LogP contribution is 2.49. The minimum Gasteiger partial charge on any atom is -0.341 e. The Labute approximate surface area is 228 Å². The average Bonchev–Trinajstić information content (AvgIpc) is 2.96. The van der Waals surface area contributed by atoms with Gasteiger partial charge in [0.1, 0.15) is 0 Å². The second kappa shape index (κ2) is 14.0. The van der Waals surface area contributed by atoms with Gasteiger partial charge in [0.15, 0.2) is 0 Å². The van der Waals surface area contributed by atoms with Crippen LogP contribution in [-0.2, 0) is 9.13 Å². The van der Waals surface area contributed by atoms with E-state index in [1.54, 1.807) is 48.5 Å². The second-order valence-electron chi connectivity index (χ2n) is 9.17. The van der Waals surface area contributed by atoms with Crippen molar-refractivity contribution in [2.75, 3.05) is 37.0 Å². The van der Waals surface area contributed by atoms with E-state index in [0.717, 1.165) is 12.3 Å². The van der Waals surface area contributed by atoms with Crippen LogP contribution in [0.4, 0.5) is 0 Å². The summed E-state index contributed by atoms with van der Waals surface area (Å²) < 4.78 is 26.3. The molecule has 0 spiro atoms. The minimum atomic E-state index is -3.44. The van der Waals surface area contributed by atoms with E-state index in [2.05, 4.69) is 24.3 Å². The topological polar surface area (TPSA) is 74.6 Å². The van der Waals surface area contributed by atoms with Crippen molar-refractivity contribution in [3.8, 4) is 0 Å². The third-order valence-electron chi connectivity index (χ3n) is 6.55. The molecule has 198 valence electrons. The van der Waals surface area contributed by atoms with Crippen LogP contribution in [0.2, 0.25) is 0 Å². The summed E-state index contributed by atoms with van der Waals surface area (Å²) in [4.78, 5) is 21.7. The van der Waals surface area contributed by atoms with Gasteiger partial charge in [-0.1, -0.05) is 113 Å². The number of hydrogen-bond donors (Lipinski definition) is 2. The monoisotopic (exact) mass is 582 g/mol. The zero-order valence-corrected chi connectivity index (χ0v) is 24.9. The predicted octanol–water partition coefficient (Wildman–Crippen LogP) is 5.79. The molecule has 38 heavy (non-hydrogen) atoms. The number of benzene rings is 4. The average molecular weight is 582 g/mol. The van der Waals surface area contributed by atoms with Crippen molar-refractivity contribution in [3.05, 3.63) is 121 Å². The van der Waals surface area contributed by atoms with Crippen LogP contribution >= 0.6 is 30.6 Å². The van der Waals surface area contributed by atoms with E-state index in [-0.39, 0.29) is 12.3 Å². The van der Waals surface area contributed by atoms with Crippen molar-refractivity contribution in [1.29, 1.82) is 0 Å². The fourth-order valence-electron chi connectivity index (χ4n) is 4.35. The van der Waals surface area contributed by atoms with E-state index in [1.165, 1.54) is 10.6 Å². The molecule has 0 radical (unpaired) electrons. The number of rotatable bonds is 13. The van der Waals surface area contributed by atoms with Crippen LogP contribution in [0.5, 0.6) is 0 Å². The first kappa shape index (κ1) is 29.1. The van der Waals surface area contributed by atoms with Crippen molar-refractivity contribution in [3.63, 3.8) is 0 Å². The quantitative estimate of drug-likeness (QED) is 0.196. The van der Waals surface area contributed by atoms with E-state index >= 15 is 0 Å². The summed E-state index contributed by atoms with van der Waals surface area (Å²) >= 11 is 0. The first-order chi connectivity index (χ1) is 18.4. The van der Waals surface area contributed by atoms with Gasteiger partial charge in [-0.3, -0.25) is 9.13 Å². The van der Waals surface area contributed by atoms with Gasteiger partial charge < -0.3 is 9.79 Å². The standard InChI is InChI=1S/C30H34O4P4/c31-37(32,29-17-9-3-10-18-29)25-23-35(27-13-5-1-6-14-27)21-22-36(28-15-7-2-8-16-28)24-26-38(33,34)30-19-11-4-12-20-30/h1-20H,21-26H2,(H,31,32)(H,33,34). The smallest absolute Gasteiger partial charge is 0.229 e. The van der Waals surface area contributed by atoms with E-state index in [0.29, 0.717) is 22.9 Å². The van der Waals surface area contributed by atoms with Crippen LogP contribution in [-0.4, -0.2) is 46.8 Å². The van der Waals surface area contributed by atoms with Crippen LogP contribution in [0, 0.1) is 0 Å². The fraction of sp³-hybridized carbons (Fsp3) is 0.200. The highest BCUT2D eigenvalue weighted by molar-refractivity contribution is 7.72. The Morgan fingerprint density at radius 2 is 0.737 bits per heavy atom. The summed E-state index contributed by atoms with van der Waals surface area (Å²) in [6, 6.07) is 38.5. The Hall–Kier alpha value is -1.88. The SMILES string of the molecule is O=P(O)(CCP(CCP(CCP(=O)(O)c1ccccc1)c1ccccc1)c1ccccc1)c1ccccc1. The molecule has 0 aliphatic heterocycles. The molecule has 8 heteroatoms. The first-order valence-electron chi connectivity index (χ1n) is 12.7. The third kappa shape index (κ3) is 8.31. The molecule has 4 nitrogen and oxygen atoms in total. The lowest BCUT2D eigenvalue weighted by atomic mass is 10.4. The molecule has 4 rings (SSSR count). The van der Waals surface area contributed by atoms with Gasteiger partial charge in [-0.25, -0.2) is 0 Å². The van der Waals surface area contributed by atoms with Crippen LogP contribution in [0.15, 0.2) is 121 Å². The molecule has 0 amide bonds. The van der Waals surface area contributed by atoms with E-state index < -0.39 is 30.6 Å². The molecule has 0 heterocycles. The minimum absolute atomic E-state index is 0.251. The fourth-order valence-corrected chi connectivity index (χ4v) is 14.8. The highest BCUT2D eigenvalue weighted by atomic mass is 31.2. The highest BCUT2D eigenvalue weighted by Gasteiger charge is 2.26. The third-order valence-corrected chi connectivity index (χ3v) is 16.6. The van der Waals surface area contributed by atoms with Crippen molar-refractivity contribution in [1.82, 2.24) is 0 Å². The predicted molar refractivity (Wildman–Crippen MR) is 167 cm³/mol. The van der Waals surface area contributed by atoms with Gasteiger partial charge in [0.25, 0.3) is 0 Å². The first-order valence-corrected chi connectivity index (χ1v) is 19.8. The van der Waals surface area contributed by atoms with Crippen LogP contribution in [0.3, 0.4) is 0 Å². The van der Waals surface area contributed by atoms with Crippen LogP contribution < -0.4 is 21.2 Å². The van der Waals surface area contributed by atoms with Gasteiger partial charge in [0.2, 0.25) is 14.7 Å². The van der Waals surface area contributed by atoms with Gasteiger partial charge in [-0.05, 0) is 59.5 Å². The van der Waals surface area contributed by atoms with Gasteiger partial charge in [-0.15, -0.1) is 0 Å². The molecule has 0 bridgehead atoms. The van der Waals surface area contributed by atoms with Gasteiger partial charge >= 0.3 is 0 Å². The van der Waals surface area contributed by atoms with Crippen molar-refractivity contribution in [2.45, 2.75) is 0 Å². The Bertz CT molecular complexity index is 1250. The van der Waals surface area contributed by atoms with Crippen LogP contribution in [0.1, 0.15) is 0 Å². The normalized spacial score (nSPS) is 16.2. The summed E-state index contributed by atoms with van der Waals surface area (Å²) in [6.07, 6.45) is 3.66. The maximum Gasteiger partial charge on any atom is 0.229 e. The molecule has 0 aliphatic carbocycles. The van der Waals surface area contributed by atoms with Gasteiger partial charge in [0, 0.05) is 22.9 Å². The summed E-state index contributed by atoms with van der Waals surface area (Å²) in [6.45, 7) is 0. The molecule has 4 atom stereocenters. The molecule has 0 aliphatic rings. The largest absolute Gasteiger partial charge is 0.341 e. The van der Waals surface area contributed by atoms with Crippen LogP contribution in [0.25, 0.3) is 0 Å². The molecular weight excluding hydrogens is 548 g/mol. The van der Waals surface area contributed by atoms with Crippen molar-refractivity contribution >= 4 is 51.8 Å². The summed E-state index contributed by atoms with van der Waals surface area (Å²) in [7, 11) is -8.21. The van der Waals surface area contributed by atoms with Crippen molar-refractivity contribution < 1.29 is 18.9 Å². The van der Waals surface area contributed by atoms with E-state index in [4.69, 9.17) is 0 Å². The Kier molecular flexibility index (Phi) is 10.7. The lowest BCUT2D eigenvalue weighted by Crippen LogP contribution is -2.17. The molecule has 0 saturated heterocycles. The molecule has 4 unspecified atom stereocenters. The van der Waals surface area contributed by atoms with E-state index in [1.807, 2.05) is 48.5 Å². The lowest BCUT2D eigenvalue weighted by molar-refractivity contribution is 0.490. The maximum atomic E-state index is 13.2. The number of hydrogen-bond acceptors (Lipinski definition) is 2. The van der Waals surface area contributed by atoms with E-state index in [9.17, 15) is 18.9 Å². The molecule has 2 N–H and O–H groups in total. The Morgan fingerprint density at radius 3 is 1.05 bits per heavy atom. The molecule has 0 saturated carbocycles. The summed E-state index contributed by atoms with van der Waals surface area (Å²) in [5.41, 5.74) is 0. The zero-order valence-electron chi connectivity index (χ0n) is 21.3. The molecular formula is C30H34O4P4. The maximum absolute atomic E-state index is 13.2. The zero-order chi connectivity index (χ0) is 26.8. The molecule has 4 aromatic carbocycles. The van der Waals surface area contributed by atoms with Gasteiger partial charge in [0.05, 0.1) is 0 Å². The summed E-state index contributed by atoms with van der Waals surface area (Å²) in [5.74, 6) is 0.